The van der Waals surface area contributed by atoms with Crippen molar-refractivity contribution in [3.05, 3.63) is 22.4 Å². The third kappa shape index (κ3) is 6.06. The predicted octanol–water partition coefficient (Wildman–Crippen LogP) is 2.75. The summed E-state index contributed by atoms with van der Waals surface area (Å²) in [4.78, 5) is 31.2. The van der Waals surface area contributed by atoms with Gasteiger partial charge in [0.05, 0.1) is 0 Å². The second-order valence-electron chi connectivity index (χ2n) is 6.72. The van der Waals surface area contributed by atoms with Crippen LogP contribution in [-0.2, 0) is 4.79 Å². The summed E-state index contributed by atoms with van der Waals surface area (Å²) >= 11 is 1.75. The Morgan fingerprint density at radius 1 is 1.41 bits per heavy atom. The van der Waals surface area contributed by atoms with Crippen LogP contribution in [0.25, 0.3) is 0 Å². The molecule has 1 aromatic rings. The number of aliphatic imine (C=N–C) groups is 1. The third-order valence-electron chi connectivity index (χ3n) is 4.73. The van der Waals surface area contributed by atoms with E-state index in [-0.39, 0.29) is 35.9 Å². The molecule has 0 bridgehead atoms. The van der Waals surface area contributed by atoms with Gasteiger partial charge in [-0.2, -0.15) is 0 Å². The summed E-state index contributed by atoms with van der Waals surface area (Å²) < 4.78 is 0. The van der Waals surface area contributed by atoms with E-state index in [0.717, 1.165) is 12.5 Å². The fourth-order valence-corrected chi connectivity index (χ4v) is 3.56. The maximum Gasteiger partial charge on any atom is 0.325 e. The van der Waals surface area contributed by atoms with Crippen molar-refractivity contribution < 1.29 is 9.59 Å². The van der Waals surface area contributed by atoms with Crippen LogP contribution in [0.15, 0.2) is 22.5 Å². The standard InChI is InChI=1S/C18H29N5O2S.HI/c1-5-18(3)15(24)23(17(25)22-18)10-7-9-20-16(19-4)21-12-13(2)14-8-6-11-26-14;/h6,8,11,13H,5,7,9-10,12H2,1-4H3,(H,22,25)(H2,19,20,21);1H. The number of guanidine groups is 1. The SMILES string of the molecule is CCC1(C)NC(=O)N(CCCNC(=NC)NCC(C)c2cccs2)C1=O.I. The average Bonchev–Trinajstić information content (AvgIpc) is 3.24. The van der Waals surface area contributed by atoms with E-state index in [2.05, 4.69) is 45.4 Å². The molecule has 27 heavy (non-hydrogen) atoms. The maximum absolute atomic E-state index is 12.3. The molecule has 2 heterocycles. The largest absolute Gasteiger partial charge is 0.356 e. The summed E-state index contributed by atoms with van der Waals surface area (Å²) in [6.07, 6.45) is 1.26. The van der Waals surface area contributed by atoms with Gasteiger partial charge in [0.25, 0.3) is 5.91 Å². The molecule has 2 atom stereocenters. The van der Waals surface area contributed by atoms with E-state index < -0.39 is 5.54 Å². The smallest absolute Gasteiger partial charge is 0.325 e. The van der Waals surface area contributed by atoms with Gasteiger partial charge in [0.15, 0.2) is 5.96 Å². The highest BCUT2D eigenvalue weighted by molar-refractivity contribution is 14.0. The molecule has 2 unspecified atom stereocenters. The van der Waals surface area contributed by atoms with Gasteiger partial charge in [0.1, 0.15) is 5.54 Å². The van der Waals surface area contributed by atoms with Gasteiger partial charge >= 0.3 is 6.03 Å². The van der Waals surface area contributed by atoms with Crippen molar-refractivity contribution in [3.8, 4) is 0 Å². The molecule has 152 valence electrons. The predicted molar refractivity (Wildman–Crippen MR) is 121 cm³/mol. The maximum atomic E-state index is 12.3. The molecule has 0 aromatic carbocycles. The van der Waals surface area contributed by atoms with Crippen LogP contribution < -0.4 is 16.0 Å². The Morgan fingerprint density at radius 3 is 2.70 bits per heavy atom. The van der Waals surface area contributed by atoms with E-state index in [1.807, 2.05) is 6.92 Å². The van der Waals surface area contributed by atoms with Crippen LogP contribution in [0.1, 0.15) is 44.4 Å². The summed E-state index contributed by atoms with van der Waals surface area (Å²) in [6.45, 7) is 7.67. The van der Waals surface area contributed by atoms with E-state index in [9.17, 15) is 9.59 Å². The number of rotatable bonds is 8. The molecule has 1 aliphatic heterocycles. The second-order valence-corrected chi connectivity index (χ2v) is 7.70. The van der Waals surface area contributed by atoms with E-state index >= 15 is 0 Å². The van der Waals surface area contributed by atoms with Crippen molar-refractivity contribution in [3.63, 3.8) is 0 Å². The highest BCUT2D eigenvalue weighted by Crippen LogP contribution is 2.21. The van der Waals surface area contributed by atoms with E-state index in [1.165, 1.54) is 9.78 Å². The fourth-order valence-electron chi connectivity index (χ4n) is 2.78. The highest BCUT2D eigenvalue weighted by Gasteiger charge is 2.45. The minimum absolute atomic E-state index is 0. The number of hydrogen-bond donors (Lipinski definition) is 3. The molecule has 1 fully saturated rings. The minimum Gasteiger partial charge on any atom is -0.356 e. The van der Waals surface area contributed by atoms with Gasteiger partial charge < -0.3 is 16.0 Å². The summed E-state index contributed by atoms with van der Waals surface area (Å²) in [5.41, 5.74) is -0.764. The van der Waals surface area contributed by atoms with Crippen molar-refractivity contribution in [1.82, 2.24) is 20.9 Å². The zero-order chi connectivity index (χ0) is 19.2. The number of thiophene rings is 1. The van der Waals surface area contributed by atoms with Gasteiger partial charge in [-0.15, -0.1) is 35.3 Å². The Hall–Kier alpha value is -1.36. The van der Waals surface area contributed by atoms with Gasteiger partial charge in [-0.05, 0) is 31.2 Å². The lowest BCUT2D eigenvalue weighted by atomic mass is 9.99. The number of imide groups is 1. The number of hydrogen-bond acceptors (Lipinski definition) is 4. The van der Waals surface area contributed by atoms with Crippen LogP contribution in [-0.4, -0.2) is 55.0 Å². The fraction of sp³-hybridized carbons (Fsp3) is 0.611. The summed E-state index contributed by atoms with van der Waals surface area (Å²) in [5, 5.41) is 11.4. The zero-order valence-electron chi connectivity index (χ0n) is 16.4. The average molecular weight is 507 g/mol. The van der Waals surface area contributed by atoms with Crippen molar-refractivity contribution in [1.29, 1.82) is 0 Å². The molecule has 9 heteroatoms. The van der Waals surface area contributed by atoms with E-state index in [1.54, 1.807) is 25.3 Å². The molecular weight excluding hydrogens is 477 g/mol. The first-order valence-corrected chi connectivity index (χ1v) is 9.91. The lowest BCUT2D eigenvalue weighted by molar-refractivity contribution is -0.130. The Morgan fingerprint density at radius 2 is 2.15 bits per heavy atom. The van der Waals surface area contributed by atoms with Gasteiger partial charge in [-0.3, -0.25) is 14.7 Å². The Kier molecular flexibility index (Phi) is 9.51. The quantitative estimate of drug-likeness (QED) is 0.166. The summed E-state index contributed by atoms with van der Waals surface area (Å²) in [5.74, 6) is 0.993. The molecule has 1 aromatic heterocycles. The van der Waals surface area contributed by atoms with Gasteiger partial charge in [0.2, 0.25) is 0 Å². The first-order chi connectivity index (χ1) is 12.4. The number of amides is 3. The van der Waals surface area contributed by atoms with Crippen molar-refractivity contribution >= 4 is 53.2 Å². The lowest BCUT2D eigenvalue weighted by Crippen LogP contribution is -2.43. The van der Waals surface area contributed by atoms with Crippen molar-refractivity contribution in [2.24, 2.45) is 4.99 Å². The van der Waals surface area contributed by atoms with Crippen molar-refractivity contribution in [2.75, 3.05) is 26.7 Å². The Balaban J connectivity index is 0.00000364. The number of nitrogens with zero attached hydrogens (tertiary/aromatic N) is 2. The second kappa shape index (κ2) is 10.8. The first-order valence-electron chi connectivity index (χ1n) is 9.03. The van der Waals surface area contributed by atoms with Gasteiger partial charge in [-0.25, -0.2) is 4.79 Å². The number of urea groups is 1. The molecule has 1 aliphatic rings. The Bertz CT molecular complexity index is 652. The van der Waals surface area contributed by atoms with Crippen LogP contribution in [0.5, 0.6) is 0 Å². The molecule has 0 radical (unpaired) electrons. The van der Waals surface area contributed by atoms with Crippen LogP contribution in [0.4, 0.5) is 4.79 Å². The molecule has 3 N–H and O–H groups in total. The van der Waals surface area contributed by atoms with E-state index in [4.69, 9.17) is 0 Å². The van der Waals surface area contributed by atoms with Crippen LogP contribution >= 0.6 is 35.3 Å². The molecular formula is C18H30IN5O2S. The van der Waals surface area contributed by atoms with Gasteiger partial charge in [-0.1, -0.05) is 19.9 Å². The topological polar surface area (TPSA) is 85.8 Å². The van der Waals surface area contributed by atoms with Crippen LogP contribution in [0.3, 0.4) is 0 Å². The molecule has 0 aliphatic carbocycles. The zero-order valence-corrected chi connectivity index (χ0v) is 19.5. The molecule has 1 saturated heterocycles. The minimum atomic E-state index is -0.764. The molecule has 3 amide bonds. The lowest BCUT2D eigenvalue weighted by Gasteiger charge is -2.19. The third-order valence-corrected chi connectivity index (χ3v) is 5.84. The normalized spacial score (nSPS) is 20.9. The summed E-state index contributed by atoms with van der Waals surface area (Å²) in [6, 6.07) is 3.89. The van der Waals surface area contributed by atoms with E-state index in [0.29, 0.717) is 31.8 Å². The van der Waals surface area contributed by atoms with Gasteiger partial charge in [0, 0.05) is 37.5 Å². The van der Waals surface area contributed by atoms with Crippen LogP contribution in [0.2, 0.25) is 0 Å². The molecule has 2 rings (SSSR count). The number of carbonyl (C=O) groups is 2. The monoisotopic (exact) mass is 507 g/mol. The van der Waals surface area contributed by atoms with Crippen LogP contribution in [0, 0.1) is 0 Å². The molecule has 0 saturated carbocycles. The Labute approximate surface area is 182 Å². The molecule has 0 spiro atoms. The molecule has 7 nitrogen and oxygen atoms in total. The number of carbonyl (C=O) groups excluding carboxylic acids is 2. The summed E-state index contributed by atoms with van der Waals surface area (Å²) in [7, 11) is 1.73. The van der Waals surface area contributed by atoms with Crippen molar-refractivity contribution in [2.45, 2.75) is 45.1 Å². The number of nitrogens with one attached hydrogen (secondary N) is 3. The number of halogens is 1. The highest BCUT2D eigenvalue weighted by atomic mass is 127. The first kappa shape index (κ1) is 23.7.